The molecule has 0 spiro atoms. The number of nitrogens with two attached hydrogens (primary N) is 1. The first kappa shape index (κ1) is 17.3. The molecule has 2 aromatic rings. The smallest absolute Gasteiger partial charge is 0.236 e. The summed E-state index contributed by atoms with van der Waals surface area (Å²) in [7, 11) is 0. The normalized spacial score (nSPS) is 16.5. The van der Waals surface area contributed by atoms with Crippen molar-refractivity contribution >= 4 is 24.2 Å². The van der Waals surface area contributed by atoms with Crippen LogP contribution in [0, 0.1) is 6.92 Å². The molecule has 1 heterocycles. The van der Waals surface area contributed by atoms with Crippen LogP contribution in [-0.2, 0) is 17.0 Å². The van der Waals surface area contributed by atoms with Gasteiger partial charge in [-0.2, -0.15) is 4.98 Å². The van der Waals surface area contributed by atoms with Crippen molar-refractivity contribution in [1.82, 2.24) is 10.1 Å². The van der Waals surface area contributed by atoms with Crippen LogP contribution in [0.25, 0.3) is 0 Å². The maximum atomic E-state index is 6.34. The second-order valence-corrected chi connectivity index (χ2v) is 6.84. The van der Waals surface area contributed by atoms with Gasteiger partial charge >= 0.3 is 0 Å². The number of rotatable bonds is 5. The third-order valence-corrected chi connectivity index (χ3v) is 4.97. The summed E-state index contributed by atoms with van der Waals surface area (Å²) in [5.41, 5.74) is 8.60. The van der Waals surface area contributed by atoms with E-state index in [0.717, 1.165) is 37.2 Å². The van der Waals surface area contributed by atoms with Gasteiger partial charge in [0.2, 0.25) is 5.89 Å². The van der Waals surface area contributed by atoms with Crippen LogP contribution in [0.1, 0.15) is 48.5 Å². The van der Waals surface area contributed by atoms with Gasteiger partial charge in [0, 0.05) is 5.75 Å². The van der Waals surface area contributed by atoms with Crippen LogP contribution in [0.4, 0.5) is 0 Å². The molecular weight excluding hydrogens is 318 g/mol. The minimum atomic E-state index is -0.358. The monoisotopic (exact) mass is 339 g/mol. The molecule has 120 valence electrons. The zero-order chi connectivity index (χ0) is 14.7. The molecule has 0 saturated heterocycles. The molecule has 3 rings (SSSR count). The molecule has 0 bridgehead atoms. The number of nitrogens with zero attached hydrogens (tertiary/aromatic N) is 2. The van der Waals surface area contributed by atoms with Crippen LogP contribution in [0.3, 0.4) is 0 Å². The molecule has 22 heavy (non-hydrogen) atoms. The lowest BCUT2D eigenvalue weighted by molar-refractivity contribution is 0.355. The Kier molecular flexibility index (Phi) is 5.89. The van der Waals surface area contributed by atoms with Crippen molar-refractivity contribution in [3.63, 3.8) is 0 Å². The predicted molar refractivity (Wildman–Crippen MR) is 92.1 cm³/mol. The molecule has 1 aliphatic rings. The lowest BCUT2D eigenvalue weighted by atomic mass is 9.99. The van der Waals surface area contributed by atoms with Gasteiger partial charge in [0.15, 0.2) is 5.82 Å². The van der Waals surface area contributed by atoms with E-state index in [0.29, 0.717) is 11.7 Å². The summed E-state index contributed by atoms with van der Waals surface area (Å²) < 4.78 is 5.34. The summed E-state index contributed by atoms with van der Waals surface area (Å²) in [6.07, 6.45) is 4.23. The number of thioether (sulfide) groups is 1. The van der Waals surface area contributed by atoms with Crippen molar-refractivity contribution in [2.45, 2.75) is 49.7 Å². The lowest BCUT2D eigenvalue weighted by Crippen LogP contribution is -2.34. The van der Waals surface area contributed by atoms with E-state index in [2.05, 4.69) is 41.3 Å². The van der Waals surface area contributed by atoms with Crippen molar-refractivity contribution in [2.24, 2.45) is 5.73 Å². The fraction of sp³-hybridized carbons (Fsp3) is 0.500. The highest BCUT2D eigenvalue weighted by atomic mass is 35.5. The molecule has 6 heteroatoms. The second kappa shape index (κ2) is 7.49. The highest BCUT2D eigenvalue weighted by Gasteiger charge is 2.35. The number of hydrogen-bond acceptors (Lipinski definition) is 5. The summed E-state index contributed by atoms with van der Waals surface area (Å²) in [5, 5.41) is 4.09. The van der Waals surface area contributed by atoms with E-state index in [1.54, 1.807) is 11.8 Å². The quantitative estimate of drug-likeness (QED) is 0.893. The minimum absolute atomic E-state index is 0. The van der Waals surface area contributed by atoms with Gasteiger partial charge in [0.1, 0.15) is 0 Å². The van der Waals surface area contributed by atoms with Crippen LogP contribution in [0.2, 0.25) is 0 Å². The number of aryl methyl sites for hydroxylation is 1. The van der Waals surface area contributed by atoms with Gasteiger partial charge in [0.25, 0.3) is 0 Å². The zero-order valence-corrected chi connectivity index (χ0v) is 14.4. The molecule has 0 atom stereocenters. The maximum absolute atomic E-state index is 6.34. The Morgan fingerprint density at radius 2 is 2.05 bits per heavy atom. The average molecular weight is 340 g/mol. The summed E-state index contributed by atoms with van der Waals surface area (Å²) in [6, 6.07) is 8.56. The molecule has 0 aliphatic heterocycles. The number of halogens is 1. The zero-order valence-electron chi connectivity index (χ0n) is 12.7. The van der Waals surface area contributed by atoms with Gasteiger partial charge in [-0.05, 0) is 25.3 Å². The van der Waals surface area contributed by atoms with Crippen LogP contribution < -0.4 is 5.73 Å². The fourth-order valence-corrected chi connectivity index (χ4v) is 3.61. The molecule has 0 radical (unpaired) electrons. The Labute approximate surface area is 141 Å². The third kappa shape index (κ3) is 4.03. The Balaban J connectivity index is 0.00000176. The molecule has 0 unspecified atom stereocenters. The van der Waals surface area contributed by atoms with Crippen molar-refractivity contribution in [1.29, 1.82) is 0 Å². The van der Waals surface area contributed by atoms with E-state index in [1.807, 2.05) is 0 Å². The Bertz CT molecular complexity index is 611. The van der Waals surface area contributed by atoms with Crippen LogP contribution in [-0.4, -0.2) is 10.1 Å². The van der Waals surface area contributed by atoms with Crippen molar-refractivity contribution < 1.29 is 4.52 Å². The standard InChI is InChI=1S/C16H21N3OS.ClH/c1-12-5-4-6-13(9-12)10-21-11-14-18-15(19-20-14)16(17)7-2-3-8-16;/h4-6,9H,2-3,7-8,10-11,17H2,1H3;1H. The van der Waals surface area contributed by atoms with Gasteiger partial charge < -0.3 is 10.3 Å². The van der Waals surface area contributed by atoms with Crippen molar-refractivity contribution in [3.8, 4) is 0 Å². The number of benzene rings is 1. The molecule has 1 fully saturated rings. The van der Waals surface area contributed by atoms with Crippen LogP contribution in [0.5, 0.6) is 0 Å². The van der Waals surface area contributed by atoms with E-state index >= 15 is 0 Å². The van der Waals surface area contributed by atoms with Gasteiger partial charge in [-0.1, -0.05) is 47.8 Å². The van der Waals surface area contributed by atoms with Crippen LogP contribution in [0.15, 0.2) is 28.8 Å². The average Bonchev–Trinajstić information content (AvgIpc) is 3.09. The second-order valence-electron chi connectivity index (χ2n) is 5.86. The first-order valence-corrected chi connectivity index (χ1v) is 8.56. The Hall–Kier alpha value is -1.04. The first-order chi connectivity index (χ1) is 10.2. The van der Waals surface area contributed by atoms with E-state index in [-0.39, 0.29) is 17.9 Å². The van der Waals surface area contributed by atoms with Gasteiger partial charge in [0.05, 0.1) is 11.3 Å². The van der Waals surface area contributed by atoms with E-state index < -0.39 is 0 Å². The molecule has 0 amide bonds. The summed E-state index contributed by atoms with van der Waals surface area (Å²) >= 11 is 1.79. The summed E-state index contributed by atoms with van der Waals surface area (Å²) in [4.78, 5) is 4.49. The fourth-order valence-electron chi connectivity index (χ4n) is 2.80. The largest absolute Gasteiger partial charge is 0.338 e. The molecule has 1 aromatic heterocycles. The van der Waals surface area contributed by atoms with E-state index in [4.69, 9.17) is 10.3 Å². The molecule has 4 nitrogen and oxygen atoms in total. The van der Waals surface area contributed by atoms with E-state index in [1.165, 1.54) is 11.1 Å². The first-order valence-electron chi connectivity index (χ1n) is 7.41. The summed E-state index contributed by atoms with van der Waals surface area (Å²) in [5.74, 6) is 3.05. The molecule has 1 aliphatic carbocycles. The van der Waals surface area contributed by atoms with Gasteiger partial charge in [-0.25, -0.2) is 0 Å². The highest BCUT2D eigenvalue weighted by Crippen LogP contribution is 2.34. The molecule has 1 aromatic carbocycles. The maximum Gasteiger partial charge on any atom is 0.236 e. The third-order valence-electron chi connectivity index (χ3n) is 3.99. The Morgan fingerprint density at radius 1 is 1.27 bits per heavy atom. The molecule has 1 saturated carbocycles. The SMILES string of the molecule is Cc1cccc(CSCc2nc(C3(N)CCCC3)no2)c1.Cl. The van der Waals surface area contributed by atoms with Crippen LogP contribution >= 0.6 is 24.2 Å². The van der Waals surface area contributed by atoms with Gasteiger partial charge in [-0.3, -0.25) is 0 Å². The summed E-state index contributed by atoms with van der Waals surface area (Å²) in [6.45, 7) is 2.11. The predicted octanol–water partition coefficient (Wildman–Crippen LogP) is 3.96. The van der Waals surface area contributed by atoms with Crippen molar-refractivity contribution in [2.75, 3.05) is 0 Å². The van der Waals surface area contributed by atoms with Gasteiger partial charge in [-0.15, -0.1) is 24.2 Å². The highest BCUT2D eigenvalue weighted by molar-refractivity contribution is 7.97. The minimum Gasteiger partial charge on any atom is -0.338 e. The van der Waals surface area contributed by atoms with E-state index in [9.17, 15) is 0 Å². The molecular formula is C16H22ClN3OS. The topological polar surface area (TPSA) is 64.9 Å². The Morgan fingerprint density at radius 3 is 2.77 bits per heavy atom. The molecule has 2 N–H and O–H groups in total. The lowest BCUT2D eigenvalue weighted by Gasteiger charge is -2.17. The van der Waals surface area contributed by atoms with Crippen molar-refractivity contribution in [3.05, 3.63) is 47.1 Å². The number of hydrogen-bond donors (Lipinski definition) is 1. The number of aromatic nitrogens is 2.